The van der Waals surface area contributed by atoms with E-state index >= 15 is 0 Å². The number of fused-ring (bicyclic) bond motifs is 1. The van der Waals surface area contributed by atoms with E-state index in [1.165, 1.54) is 34.8 Å². The first-order chi connectivity index (χ1) is 14.8. The number of rotatable bonds is 4. The molecule has 0 unspecified atom stereocenters. The molecule has 1 aliphatic heterocycles. The van der Waals surface area contributed by atoms with Crippen molar-refractivity contribution < 1.29 is 4.79 Å². The Balaban J connectivity index is 1.42. The largest absolute Gasteiger partial charge is 0.368 e. The minimum absolute atomic E-state index is 0.0594. The smallest absolute Gasteiger partial charge is 0.332 e. The molecule has 9 heteroatoms. The van der Waals surface area contributed by atoms with Gasteiger partial charge in [0.15, 0.2) is 11.2 Å². The third kappa shape index (κ3) is 3.64. The molecule has 9 nitrogen and oxygen atoms in total. The zero-order chi connectivity index (χ0) is 22.3. The molecule has 0 aliphatic carbocycles. The summed E-state index contributed by atoms with van der Waals surface area (Å²) >= 11 is 0. The van der Waals surface area contributed by atoms with Gasteiger partial charge in [-0.25, -0.2) is 9.78 Å². The van der Waals surface area contributed by atoms with Crippen LogP contribution in [0, 0.1) is 13.8 Å². The van der Waals surface area contributed by atoms with Crippen molar-refractivity contribution in [3.05, 3.63) is 56.5 Å². The van der Waals surface area contributed by atoms with E-state index in [4.69, 9.17) is 0 Å². The molecule has 4 rings (SSSR count). The fourth-order valence-electron chi connectivity index (χ4n) is 4.22. The minimum Gasteiger partial charge on any atom is -0.368 e. The predicted molar refractivity (Wildman–Crippen MR) is 120 cm³/mol. The normalized spacial score (nSPS) is 14.5. The predicted octanol–water partition coefficient (Wildman–Crippen LogP) is 0.789. The van der Waals surface area contributed by atoms with E-state index in [1.54, 1.807) is 11.6 Å². The van der Waals surface area contributed by atoms with Gasteiger partial charge in [0.2, 0.25) is 5.91 Å². The van der Waals surface area contributed by atoms with Crippen molar-refractivity contribution in [3.8, 4) is 0 Å². The van der Waals surface area contributed by atoms with Gasteiger partial charge in [-0.05, 0) is 31.0 Å². The van der Waals surface area contributed by atoms with Gasteiger partial charge in [-0.15, -0.1) is 0 Å². The average molecular weight is 425 g/mol. The number of aryl methyl sites for hydroxylation is 3. The summed E-state index contributed by atoms with van der Waals surface area (Å²) in [4.78, 5) is 45.8. The van der Waals surface area contributed by atoms with Gasteiger partial charge >= 0.3 is 5.69 Å². The zero-order valence-electron chi connectivity index (χ0n) is 18.5. The van der Waals surface area contributed by atoms with E-state index in [1.807, 2.05) is 4.90 Å². The molecule has 3 heterocycles. The Morgan fingerprint density at radius 1 is 1.03 bits per heavy atom. The summed E-state index contributed by atoms with van der Waals surface area (Å²) in [6.07, 6.45) is 1.80. The lowest BCUT2D eigenvalue weighted by molar-refractivity contribution is -0.131. The van der Waals surface area contributed by atoms with Gasteiger partial charge in [0.25, 0.3) is 5.56 Å². The molecule has 1 aromatic carbocycles. The lowest BCUT2D eigenvalue weighted by Gasteiger charge is -2.37. The van der Waals surface area contributed by atoms with E-state index in [0.29, 0.717) is 30.8 Å². The minimum atomic E-state index is -0.416. The average Bonchev–Trinajstić information content (AvgIpc) is 3.21. The van der Waals surface area contributed by atoms with Crippen molar-refractivity contribution in [2.24, 2.45) is 14.1 Å². The molecule has 1 fully saturated rings. The number of piperazine rings is 1. The fourth-order valence-corrected chi connectivity index (χ4v) is 4.22. The SMILES string of the molecule is Cc1cccc(N2CCN(C(=O)CCn3cnc4c3c(=O)n(C)c(=O)n4C)CC2)c1C. The summed E-state index contributed by atoms with van der Waals surface area (Å²) in [7, 11) is 3.03. The molecule has 0 atom stereocenters. The van der Waals surface area contributed by atoms with Crippen LogP contribution in [0.3, 0.4) is 0 Å². The molecule has 0 bridgehead atoms. The first-order valence-electron chi connectivity index (χ1n) is 10.5. The number of carbonyl (C=O) groups excluding carboxylic acids is 1. The zero-order valence-corrected chi connectivity index (χ0v) is 18.5. The monoisotopic (exact) mass is 424 g/mol. The fraction of sp³-hybridized carbons (Fsp3) is 0.455. The van der Waals surface area contributed by atoms with Crippen LogP contribution in [-0.4, -0.2) is 55.7 Å². The number of hydrogen-bond donors (Lipinski definition) is 0. The number of imidazole rings is 1. The van der Waals surface area contributed by atoms with Gasteiger partial charge < -0.3 is 14.4 Å². The maximum Gasteiger partial charge on any atom is 0.332 e. The lowest BCUT2D eigenvalue weighted by atomic mass is 10.1. The van der Waals surface area contributed by atoms with Crippen LogP contribution in [0.15, 0.2) is 34.1 Å². The number of benzene rings is 1. The number of aromatic nitrogens is 4. The molecule has 1 amide bonds. The standard InChI is InChI=1S/C22H28N6O3/c1-15-6-5-7-17(16(15)2)26-10-12-27(13-11-26)18(29)8-9-28-14-23-20-19(28)21(30)25(4)22(31)24(20)3/h5-7,14H,8-13H2,1-4H3. The van der Waals surface area contributed by atoms with Gasteiger partial charge in [0.1, 0.15) is 0 Å². The topological polar surface area (TPSA) is 85.4 Å². The molecule has 1 aliphatic rings. The van der Waals surface area contributed by atoms with Crippen molar-refractivity contribution in [1.29, 1.82) is 0 Å². The van der Waals surface area contributed by atoms with Crippen LogP contribution in [-0.2, 0) is 25.4 Å². The second-order valence-corrected chi connectivity index (χ2v) is 8.15. The van der Waals surface area contributed by atoms with Gasteiger partial charge in [-0.1, -0.05) is 12.1 Å². The van der Waals surface area contributed by atoms with Crippen molar-refractivity contribution in [1.82, 2.24) is 23.6 Å². The maximum atomic E-state index is 12.8. The van der Waals surface area contributed by atoms with Crippen LogP contribution >= 0.6 is 0 Å². The molecule has 0 saturated carbocycles. The van der Waals surface area contributed by atoms with Crippen LogP contribution in [0.25, 0.3) is 11.2 Å². The van der Waals surface area contributed by atoms with E-state index < -0.39 is 11.2 Å². The number of nitrogens with zero attached hydrogens (tertiary/aromatic N) is 6. The highest BCUT2D eigenvalue weighted by Crippen LogP contribution is 2.24. The summed E-state index contributed by atoms with van der Waals surface area (Å²) in [6.45, 7) is 7.54. The Hall–Kier alpha value is -3.36. The Labute approximate surface area is 180 Å². The van der Waals surface area contributed by atoms with Crippen LogP contribution in [0.2, 0.25) is 0 Å². The van der Waals surface area contributed by atoms with Crippen molar-refractivity contribution in [2.45, 2.75) is 26.8 Å². The summed E-state index contributed by atoms with van der Waals surface area (Å²) in [5.74, 6) is 0.0594. The summed E-state index contributed by atoms with van der Waals surface area (Å²) in [6, 6.07) is 6.33. The summed E-state index contributed by atoms with van der Waals surface area (Å²) in [5.41, 5.74) is 3.65. The molecular weight excluding hydrogens is 396 g/mol. The van der Waals surface area contributed by atoms with Gasteiger partial charge in [-0.2, -0.15) is 0 Å². The first-order valence-corrected chi connectivity index (χ1v) is 10.5. The van der Waals surface area contributed by atoms with Gasteiger partial charge in [0, 0.05) is 58.9 Å². The highest BCUT2D eigenvalue weighted by atomic mass is 16.2. The van der Waals surface area contributed by atoms with E-state index in [-0.39, 0.29) is 12.3 Å². The lowest BCUT2D eigenvalue weighted by Crippen LogP contribution is -2.49. The molecular formula is C22H28N6O3. The second-order valence-electron chi connectivity index (χ2n) is 8.15. The van der Waals surface area contributed by atoms with Gasteiger partial charge in [-0.3, -0.25) is 18.7 Å². The third-order valence-corrected chi connectivity index (χ3v) is 6.33. The number of amides is 1. The molecule has 164 valence electrons. The Kier molecular flexibility index (Phi) is 5.43. The van der Waals surface area contributed by atoms with E-state index in [0.717, 1.165) is 17.7 Å². The molecule has 0 N–H and O–H groups in total. The number of carbonyl (C=O) groups is 1. The van der Waals surface area contributed by atoms with Crippen molar-refractivity contribution >= 4 is 22.8 Å². The van der Waals surface area contributed by atoms with Crippen LogP contribution in [0.1, 0.15) is 17.5 Å². The highest BCUT2D eigenvalue weighted by molar-refractivity contribution is 5.77. The van der Waals surface area contributed by atoms with Gasteiger partial charge in [0.05, 0.1) is 6.33 Å². The summed E-state index contributed by atoms with van der Waals surface area (Å²) < 4.78 is 4.08. The molecule has 1 saturated heterocycles. The summed E-state index contributed by atoms with van der Waals surface area (Å²) in [5, 5.41) is 0. The van der Waals surface area contributed by atoms with Crippen LogP contribution in [0.5, 0.6) is 0 Å². The number of anilines is 1. The van der Waals surface area contributed by atoms with Crippen LogP contribution < -0.4 is 16.1 Å². The molecule has 0 radical (unpaired) electrons. The van der Waals surface area contributed by atoms with Crippen molar-refractivity contribution in [2.75, 3.05) is 31.1 Å². The second kappa shape index (κ2) is 8.05. The molecule has 3 aromatic rings. The highest BCUT2D eigenvalue weighted by Gasteiger charge is 2.23. The quantitative estimate of drug-likeness (QED) is 0.618. The van der Waals surface area contributed by atoms with Crippen LogP contribution in [0.4, 0.5) is 5.69 Å². The Morgan fingerprint density at radius 3 is 2.45 bits per heavy atom. The molecule has 0 spiro atoms. The van der Waals surface area contributed by atoms with Crippen molar-refractivity contribution in [3.63, 3.8) is 0 Å². The first kappa shape index (κ1) is 20.9. The van der Waals surface area contributed by atoms with E-state index in [2.05, 4.69) is 41.9 Å². The Bertz CT molecular complexity index is 1260. The third-order valence-electron chi connectivity index (χ3n) is 6.33. The maximum absolute atomic E-state index is 12.8. The Morgan fingerprint density at radius 2 is 1.74 bits per heavy atom. The molecule has 2 aromatic heterocycles. The van der Waals surface area contributed by atoms with E-state index in [9.17, 15) is 14.4 Å². The molecule has 31 heavy (non-hydrogen) atoms. The number of hydrogen-bond acceptors (Lipinski definition) is 5.